The van der Waals surface area contributed by atoms with Crippen LogP contribution >= 0.6 is 0 Å². The lowest BCUT2D eigenvalue weighted by Crippen LogP contribution is -2.48. The van der Waals surface area contributed by atoms with Gasteiger partial charge in [0.05, 0.1) is 6.33 Å². The molecule has 1 N–H and O–H groups in total. The van der Waals surface area contributed by atoms with Crippen LogP contribution in [0.2, 0.25) is 0 Å². The molecule has 2 rings (SSSR count). The summed E-state index contributed by atoms with van der Waals surface area (Å²) in [7, 11) is 2.53. The highest BCUT2D eigenvalue weighted by Gasteiger charge is 2.54. The summed E-state index contributed by atoms with van der Waals surface area (Å²) in [6.07, 6.45) is -9.35. The largest absolute Gasteiger partial charge is 0.417 e. The number of hydrogen-bond donors (Lipinski definition) is 1. The molecule has 0 saturated heterocycles. The Labute approximate surface area is 168 Å². The van der Waals surface area contributed by atoms with E-state index in [4.69, 9.17) is 0 Å². The first kappa shape index (κ1) is 24.0. The van der Waals surface area contributed by atoms with Gasteiger partial charge in [0.1, 0.15) is 6.54 Å². The van der Waals surface area contributed by atoms with Crippen molar-refractivity contribution in [1.82, 2.24) is 14.5 Å². The highest BCUT2D eigenvalue weighted by atomic mass is 19.4. The molecule has 13 heteroatoms. The van der Waals surface area contributed by atoms with Crippen molar-refractivity contribution < 1.29 is 41.0 Å². The summed E-state index contributed by atoms with van der Waals surface area (Å²) in [6.45, 7) is -1.52. The van der Waals surface area contributed by atoms with E-state index in [1.54, 1.807) is 0 Å². The number of carbonyl (C=O) groups is 2. The number of aliphatic hydroxyl groups is 1. The number of imidazole rings is 1. The quantitative estimate of drug-likeness (QED) is 0.541. The first-order chi connectivity index (χ1) is 13.7. The summed E-state index contributed by atoms with van der Waals surface area (Å²) in [6, 6.07) is 0. The van der Waals surface area contributed by atoms with Gasteiger partial charge >= 0.3 is 12.4 Å². The van der Waals surface area contributed by atoms with E-state index in [0.717, 1.165) is 16.1 Å². The Bertz CT molecular complexity index is 769. The standard InChI is InChI=1S/C17H22F6N4O3/c1-25(7-11-3-5-15(30,6-4-11)17(21,22)23)14(29)12-13(26(2)10-28)24-9-27(12)8-16(18,19)20/h9-11,30H,3-8H2,1-2H3. The lowest BCUT2D eigenvalue weighted by molar-refractivity contribution is -0.272. The molecular weight excluding hydrogens is 422 g/mol. The summed E-state index contributed by atoms with van der Waals surface area (Å²) in [5, 5.41) is 9.73. The molecule has 1 heterocycles. The molecule has 0 aromatic carbocycles. The zero-order chi connectivity index (χ0) is 22.9. The molecule has 7 nitrogen and oxygen atoms in total. The van der Waals surface area contributed by atoms with Gasteiger partial charge in [0, 0.05) is 20.6 Å². The van der Waals surface area contributed by atoms with Crippen LogP contribution in [0.1, 0.15) is 36.2 Å². The van der Waals surface area contributed by atoms with Gasteiger partial charge in [-0.3, -0.25) is 9.59 Å². The van der Waals surface area contributed by atoms with E-state index in [9.17, 15) is 41.0 Å². The number of amides is 2. The molecule has 0 unspecified atom stereocenters. The minimum Gasteiger partial charge on any atom is -0.380 e. The molecule has 2 amide bonds. The summed E-state index contributed by atoms with van der Waals surface area (Å²) in [4.78, 5) is 29.5. The molecule has 1 fully saturated rings. The van der Waals surface area contributed by atoms with Crippen molar-refractivity contribution in [2.45, 2.75) is 50.2 Å². The van der Waals surface area contributed by atoms with Crippen LogP contribution in [0.25, 0.3) is 0 Å². The van der Waals surface area contributed by atoms with Crippen LogP contribution < -0.4 is 4.90 Å². The molecule has 0 aliphatic heterocycles. The second-order valence-electron chi connectivity index (χ2n) is 7.53. The highest BCUT2D eigenvalue weighted by Crippen LogP contribution is 2.43. The number of carbonyl (C=O) groups excluding carboxylic acids is 2. The number of anilines is 1. The molecular formula is C17H22F6N4O3. The van der Waals surface area contributed by atoms with Crippen molar-refractivity contribution in [3.05, 3.63) is 12.0 Å². The van der Waals surface area contributed by atoms with E-state index < -0.39 is 48.9 Å². The zero-order valence-electron chi connectivity index (χ0n) is 16.3. The van der Waals surface area contributed by atoms with Crippen LogP contribution in [0.4, 0.5) is 32.2 Å². The average molecular weight is 444 g/mol. The van der Waals surface area contributed by atoms with Gasteiger partial charge in [-0.05, 0) is 31.6 Å². The molecule has 30 heavy (non-hydrogen) atoms. The summed E-state index contributed by atoms with van der Waals surface area (Å²) in [5.41, 5.74) is -3.22. The minimum atomic E-state index is -4.75. The highest BCUT2D eigenvalue weighted by molar-refractivity contribution is 5.99. The van der Waals surface area contributed by atoms with Gasteiger partial charge in [-0.25, -0.2) is 4.98 Å². The maximum Gasteiger partial charge on any atom is 0.417 e. The molecule has 1 aromatic heterocycles. The van der Waals surface area contributed by atoms with Gasteiger partial charge in [-0.15, -0.1) is 0 Å². The fourth-order valence-electron chi connectivity index (χ4n) is 3.48. The third kappa shape index (κ3) is 5.24. The Balaban J connectivity index is 2.16. The molecule has 170 valence electrons. The van der Waals surface area contributed by atoms with Crippen LogP contribution in [-0.4, -0.2) is 70.5 Å². The molecule has 1 aliphatic rings. The van der Waals surface area contributed by atoms with Crippen molar-refractivity contribution in [2.75, 3.05) is 25.5 Å². The second kappa shape index (κ2) is 8.44. The average Bonchev–Trinajstić information content (AvgIpc) is 3.03. The molecule has 0 radical (unpaired) electrons. The van der Waals surface area contributed by atoms with Crippen LogP contribution in [0.3, 0.4) is 0 Å². The first-order valence-electron chi connectivity index (χ1n) is 9.03. The number of rotatable bonds is 6. The number of alkyl halides is 6. The summed E-state index contributed by atoms with van der Waals surface area (Å²) < 4.78 is 77.9. The lowest BCUT2D eigenvalue weighted by atomic mass is 9.78. The minimum absolute atomic E-state index is 0.00343. The van der Waals surface area contributed by atoms with Crippen molar-refractivity contribution >= 4 is 18.1 Å². The van der Waals surface area contributed by atoms with E-state index in [1.165, 1.54) is 14.1 Å². The van der Waals surface area contributed by atoms with Gasteiger partial charge in [-0.1, -0.05) is 0 Å². The van der Waals surface area contributed by atoms with E-state index in [-0.39, 0.29) is 37.5 Å². The second-order valence-corrected chi connectivity index (χ2v) is 7.53. The molecule has 0 atom stereocenters. The van der Waals surface area contributed by atoms with Crippen LogP contribution in [-0.2, 0) is 11.3 Å². The number of nitrogens with zero attached hydrogens (tertiary/aromatic N) is 4. The van der Waals surface area contributed by atoms with E-state index in [0.29, 0.717) is 4.57 Å². The van der Waals surface area contributed by atoms with Crippen molar-refractivity contribution in [2.24, 2.45) is 5.92 Å². The van der Waals surface area contributed by atoms with Gasteiger partial charge in [0.15, 0.2) is 17.1 Å². The predicted octanol–water partition coefficient (Wildman–Crippen LogP) is 2.59. The summed E-state index contributed by atoms with van der Waals surface area (Å²) in [5.74, 6) is -1.48. The SMILES string of the molecule is CN(CC1CCC(O)(C(F)(F)F)CC1)C(=O)c1c(N(C)C=O)ncn1CC(F)(F)F. The Morgan fingerprint density at radius 2 is 1.83 bits per heavy atom. The van der Waals surface area contributed by atoms with Crippen LogP contribution in [0.5, 0.6) is 0 Å². The number of aromatic nitrogens is 2. The lowest BCUT2D eigenvalue weighted by Gasteiger charge is -2.38. The van der Waals surface area contributed by atoms with Crippen molar-refractivity contribution in [3.8, 4) is 0 Å². The Morgan fingerprint density at radius 3 is 2.30 bits per heavy atom. The fraction of sp³-hybridized carbons (Fsp3) is 0.706. The van der Waals surface area contributed by atoms with Crippen molar-refractivity contribution in [1.29, 1.82) is 0 Å². The maximum atomic E-state index is 12.9. The van der Waals surface area contributed by atoms with Crippen LogP contribution in [0.15, 0.2) is 6.33 Å². The third-order valence-electron chi connectivity index (χ3n) is 5.20. The number of halogens is 6. The molecule has 0 spiro atoms. The van der Waals surface area contributed by atoms with Gasteiger partial charge in [-0.2, -0.15) is 26.3 Å². The normalized spacial score (nSPS) is 22.6. The smallest absolute Gasteiger partial charge is 0.380 e. The molecule has 0 bridgehead atoms. The monoisotopic (exact) mass is 444 g/mol. The maximum absolute atomic E-state index is 12.9. The Morgan fingerprint density at radius 1 is 1.27 bits per heavy atom. The van der Waals surface area contributed by atoms with Crippen molar-refractivity contribution in [3.63, 3.8) is 0 Å². The Hall–Kier alpha value is -2.31. The third-order valence-corrected chi connectivity index (χ3v) is 5.20. The van der Waals surface area contributed by atoms with Crippen LogP contribution in [0, 0.1) is 5.92 Å². The molecule has 1 aromatic rings. The van der Waals surface area contributed by atoms with Gasteiger partial charge in [0.2, 0.25) is 6.41 Å². The van der Waals surface area contributed by atoms with E-state index in [1.807, 2.05) is 0 Å². The molecule has 1 saturated carbocycles. The zero-order valence-corrected chi connectivity index (χ0v) is 16.3. The fourth-order valence-corrected chi connectivity index (χ4v) is 3.48. The summed E-state index contributed by atoms with van der Waals surface area (Å²) >= 11 is 0. The number of hydrogen-bond acceptors (Lipinski definition) is 4. The van der Waals surface area contributed by atoms with Gasteiger partial charge in [0.25, 0.3) is 5.91 Å². The molecule has 1 aliphatic carbocycles. The first-order valence-corrected chi connectivity index (χ1v) is 9.03. The van der Waals surface area contributed by atoms with Gasteiger partial charge < -0.3 is 19.5 Å². The van der Waals surface area contributed by atoms with E-state index in [2.05, 4.69) is 4.98 Å². The predicted molar refractivity (Wildman–Crippen MR) is 92.7 cm³/mol. The van der Waals surface area contributed by atoms with E-state index >= 15 is 0 Å². The topological polar surface area (TPSA) is 78.7 Å². The Kier molecular flexibility index (Phi) is 6.74.